The van der Waals surface area contributed by atoms with Crippen molar-refractivity contribution in [1.82, 2.24) is 9.78 Å². The molecule has 0 radical (unpaired) electrons. The largest absolute Gasteiger partial charge is 0.458 e. The molecule has 5 nitrogen and oxygen atoms in total. The quantitative estimate of drug-likeness (QED) is 0.680. The third kappa shape index (κ3) is 1.99. The molecule has 0 aliphatic heterocycles. The van der Waals surface area contributed by atoms with Crippen molar-refractivity contribution in [2.45, 2.75) is 20.0 Å². The van der Waals surface area contributed by atoms with E-state index in [4.69, 9.17) is 10.5 Å². The molecule has 0 amide bonds. The van der Waals surface area contributed by atoms with Crippen LogP contribution < -0.4 is 5.73 Å². The van der Waals surface area contributed by atoms with Crippen molar-refractivity contribution in [2.24, 2.45) is 7.05 Å². The number of ether oxygens (including phenoxy) is 1. The van der Waals surface area contributed by atoms with E-state index in [0.29, 0.717) is 11.4 Å². The first kappa shape index (κ1) is 9.57. The summed E-state index contributed by atoms with van der Waals surface area (Å²) >= 11 is 0. The minimum Gasteiger partial charge on any atom is -0.458 e. The highest BCUT2D eigenvalue weighted by Crippen LogP contribution is 2.11. The lowest BCUT2D eigenvalue weighted by Gasteiger charge is -2.07. The molecule has 1 aromatic heterocycles. The standard InChI is InChI=1S/C8H13N3O2/c1-5(2)13-8(12)7-6(9)4-10-11(7)3/h4-5H,9H2,1-3H3. The van der Waals surface area contributed by atoms with Gasteiger partial charge < -0.3 is 10.5 Å². The van der Waals surface area contributed by atoms with Crippen LogP contribution in [0.5, 0.6) is 0 Å². The molecule has 1 heterocycles. The van der Waals surface area contributed by atoms with Gasteiger partial charge in [0.15, 0.2) is 5.69 Å². The number of hydrogen-bond acceptors (Lipinski definition) is 4. The zero-order valence-electron chi connectivity index (χ0n) is 7.94. The highest BCUT2D eigenvalue weighted by Gasteiger charge is 2.17. The lowest BCUT2D eigenvalue weighted by atomic mass is 10.3. The van der Waals surface area contributed by atoms with Gasteiger partial charge in [0.25, 0.3) is 0 Å². The van der Waals surface area contributed by atoms with Gasteiger partial charge in [-0.25, -0.2) is 4.79 Å². The smallest absolute Gasteiger partial charge is 0.359 e. The molecule has 0 bridgehead atoms. The number of anilines is 1. The number of aromatic nitrogens is 2. The Bertz CT molecular complexity index is 298. The summed E-state index contributed by atoms with van der Waals surface area (Å²) in [7, 11) is 1.65. The van der Waals surface area contributed by atoms with Gasteiger partial charge in [0.2, 0.25) is 0 Å². The molecule has 5 heteroatoms. The van der Waals surface area contributed by atoms with Crippen LogP contribution in [0.25, 0.3) is 0 Å². The van der Waals surface area contributed by atoms with Gasteiger partial charge in [0.05, 0.1) is 18.0 Å². The van der Waals surface area contributed by atoms with Crippen LogP contribution in [0.15, 0.2) is 6.20 Å². The van der Waals surface area contributed by atoms with Gasteiger partial charge in [-0.2, -0.15) is 5.10 Å². The summed E-state index contributed by atoms with van der Waals surface area (Å²) in [6.45, 7) is 3.56. The second kappa shape index (κ2) is 3.47. The molecule has 0 aliphatic rings. The maximum atomic E-state index is 11.4. The summed E-state index contributed by atoms with van der Waals surface area (Å²) in [4.78, 5) is 11.4. The Morgan fingerprint density at radius 2 is 2.31 bits per heavy atom. The van der Waals surface area contributed by atoms with E-state index in [0.717, 1.165) is 0 Å². The minimum atomic E-state index is -0.438. The van der Waals surface area contributed by atoms with E-state index >= 15 is 0 Å². The van der Waals surface area contributed by atoms with E-state index in [2.05, 4.69) is 5.10 Å². The second-order valence-electron chi connectivity index (χ2n) is 3.03. The maximum Gasteiger partial charge on any atom is 0.359 e. The van der Waals surface area contributed by atoms with Gasteiger partial charge in [-0.3, -0.25) is 4.68 Å². The van der Waals surface area contributed by atoms with Crippen LogP contribution in [-0.2, 0) is 11.8 Å². The highest BCUT2D eigenvalue weighted by molar-refractivity contribution is 5.93. The fraction of sp³-hybridized carbons (Fsp3) is 0.500. The molecule has 0 aliphatic carbocycles. The van der Waals surface area contributed by atoms with Crippen LogP contribution in [-0.4, -0.2) is 21.9 Å². The number of esters is 1. The lowest BCUT2D eigenvalue weighted by molar-refractivity contribution is 0.0366. The number of rotatable bonds is 2. The lowest BCUT2D eigenvalue weighted by Crippen LogP contribution is -2.16. The number of nitrogens with zero attached hydrogens (tertiary/aromatic N) is 2. The average Bonchev–Trinajstić information content (AvgIpc) is 2.29. The Hall–Kier alpha value is -1.52. The summed E-state index contributed by atoms with van der Waals surface area (Å²) in [6.07, 6.45) is 1.28. The van der Waals surface area contributed by atoms with E-state index in [1.54, 1.807) is 20.9 Å². The zero-order valence-corrected chi connectivity index (χ0v) is 7.94. The number of carbonyl (C=O) groups excluding carboxylic acids is 1. The molecule has 0 atom stereocenters. The molecule has 13 heavy (non-hydrogen) atoms. The molecule has 0 unspecified atom stereocenters. The van der Waals surface area contributed by atoms with Crippen LogP contribution in [0.3, 0.4) is 0 Å². The molecule has 0 saturated heterocycles. The normalized spacial score (nSPS) is 10.5. The Balaban J connectivity index is 2.88. The molecule has 1 rings (SSSR count). The first-order valence-electron chi connectivity index (χ1n) is 4.01. The molecular formula is C8H13N3O2. The van der Waals surface area contributed by atoms with Crippen LogP contribution in [0.2, 0.25) is 0 Å². The van der Waals surface area contributed by atoms with Gasteiger partial charge in [-0.1, -0.05) is 0 Å². The molecule has 0 aromatic carbocycles. The topological polar surface area (TPSA) is 70.1 Å². The van der Waals surface area contributed by atoms with E-state index < -0.39 is 5.97 Å². The highest BCUT2D eigenvalue weighted by atomic mass is 16.5. The molecular weight excluding hydrogens is 170 g/mol. The van der Waals surface area contributed by atoms with Gasteiger partial charge in [-0.05, 0) is 13.8 Å². The first-order chi connectivity index (χ1) is 6.02. The minimum absolute atomic E-state index is 0.151. The molecule has 0 fully saturated rings. The summed E-state index contributed by atoms with van der Waals surface area (Å²) in [5, 5.41) is 3.84. The van der Waals surface area contributed by atoms with Gasteiger partial charge in [-0.15, -0.1) is 0 Å². The van der Waals surface area contributed by atoms with Crippen LogP contribution >= 0.6 is 0 Å². The Morgan fingerprint density at radius 1 is 1.69 bits per heavy atom. The van der Waals surface area contributed by atoms with Crippen molar-refractivity contribution in [3.63, 3.8) is 0 Å². The maximum absolute atomic E-state index is 11.4. The van der Waals surface area contributed by atoms with Crippen molar-refractivity contribution < 1.29 is 9.53 Å². The van der Waals surface area contributed by atoms with Crippen LogP contribution in [0, 0.1) is 0 Å². The average molecular weight is 183 g/mol. The number of nitrogens with two attached hydrogens (primary N) is 1. The SMILES string of the molecule is CC(C)OC(=O)c1c(N)cnn1C. The summed E-state index contributed by atoms with van der Waals surface area (Å²) in [6, 6.07) is 0. The van der Waals surface area contributed by atoms with Crippen molar-refractivity contribution in [1.29, 1.82) is 0 Å². The number of nitrogen functional groups attached to an aromatic ring is 1. The molecule has 2 N–H and O–H groups in total. The fourth-order valence-electron chi connectivity index (χ4n) is 0.974. The summed E-state index contributed by atoms with van der Waals surface area (Å²) in [5.41, 5.74) is 6.17. The first-order valence-corrected chi connectivity index (χ1v) is 4.01. The summed E-state index contributed by atoms with van der Waals surface area (Å²) in [5.74, 6) is -0.438. The number of hydrogen-bond donors (Lipinski definition) is 1. The Labute approximate surface area is 76.5 Å². The number of carbonyl (C=O) groups is 1. The van der Waals surface area contributed by atoms with E-state index in [1.807, 2.05) is 0 Å². The monoisotopic (exact) mass is 183 g/mol. The van der Waals surface area contributed by atoms with E-state index in [9.17, 15) is 4.79 Å². The predicted octanol–water partition coefficient (Wildman–Crippen LogP) is 0.568. The zero-order chi connectivity index (χ0) is 10.0. The van der Waals surface area contributed by atoms with Crippen molar-refractivity contribution in [2.75, 3.05) is 5.73 Å². The Kier molecular flexibility index (Phi) is 2.55. The van der Waals surface area contributed by atoms with Crippen LogP contribution in [0.4, 0.5) is 5.69 Å². The van der Waals surface area contributed by atoms with Gasteiger partial charge >= 0.3 is 5.97 Å². The second-order valence-corrected chi connectivity index (χ2v) is 3.03. The number of aryl methyl sites for hydroxylation is 1. The van der Waals surface area contributed by atoms with Crippen LogP contribution in [0.1, 0.15) is 24.3 Å². The third-order valence-electron chi connectivity index (χ3n) is 1.50. The molecule has 1 aromatic rings. The Morgan fingerprint density at radius 3 is 2.69 bits per heavy atom. The fourth-order valence-corrected chi connectivity index (χ4v) is 0.974. The molecule has 0 spiro atoms. The van der Waals surface area contributed by atoms with Gasteiger partial charge in [0.1, 0.15) is 0 Å². The van der Waals surface area contributed by atoms with Gasteiger partial charge in [0, 0.05) is 7.05 Å². The summed E-state index contributed by atoms with van der Waals surface area (Å²) < 4.78 is 6.38. The third-order valence-corrected chi connectivity index (χ3v) is 1.50. The predicted molar refractivity (Wildman–Crippen MR) is 48.2 cm³/mol. The van der Waals surface area contributed by atoms with E-state index in [-0.39, 0.29) is 6.10 Å². The molecule has 0 saturated carbocycles. The van der Waals surface area contributed by atoms with Crippen molar-refractivity contribution >= 4 is 11.7 Å². The molecule has 72 valence electrons. The van der Waals surface area contributed by atoms with Crippen molar-refractivity contribution in [3.8, 4) is 0 Å². The van der Waals surface area contributed by atoms with E-state index in [1.165, 1.54) is 10.9 Å². The van der Waals surface area contributed by atoms with Crippen molar-refractivity contribution in [3.05, 3.63) is 11.9 Å².